The monoisotopic (exact) mass is 261 g/mol. The molecule has 0 radical (unpaired) electrons. The van der Waals surface area contributed by atoms with Gasteiger partial charge < -0.3 is 5.32 Å². The quantitative estimate of drug-likeness (QED) is 0.902. The lowest BCUT2D eigenvalue weighted by Crippen LogP contribution is -2.37. The minimum absolute atomic E-state index is 0.0331. The van der Waals surface area contributed by atoms with Crippen LogP contribution in [-0.2, 0) is 6.42 Å². The fourth-order valence-corrected chi connectivity index (χ4v) is 2.29. The van der Waals surface area contributed by atoms with E-state index in [1.807, 2.05) is 0 Å². The fourth-order valence-electron chi connectivity index (χ4n) is 2.29. The standard InChI is InChI=1S/C12H18F3N3/c1-3-4-5-9-7-11-16-8(2)6-10(12(13,14)15)18(11)17-9/h7-8,10,16H,3-6H2,1-2H3. The predicted octanol–water partition coefficient (Wildman–Crippen LogP) is 3.53. The first-order valence-electron chi connectivity index (χ1n) is 6.33. The lowest BCUT2D eigenvalue weighted by atomic mass is 10.1. The van der Waals surface area contributed by atoms with Crippen molar-refractivity contribution in [3.63, 3.8) is 0 Å². The minimum Gasteiger partial charge on any atom is -0.368 e. The van der Waals surface area contributed by atoms with Gasteiger partial charge in [-0.2, -0.15) is 18.3 Å². The maximum atomic E-state index is 13.0. The van der Waals surface area contributed by atoms with Crippen LogP contribution in [0.25, 0.3) is 0 Å². The van der Waals surface area contributed by atoms with E-state index in [1.165, 1.54) is 0 Å². The molecule has 2 rings (SSSR count). The third-order valence-corrected chi connectivity index (χ3v) is 3.22. The molecule has 1 aliphatic heterocycles. The van der Waals surface area contributed by atoms with E-state index in [0.29, 0.717) is 5.82 Å². The summed E-state index contributed by atoms with van der Waals surface area (Å²) in [7, 11) is 0. The largest absolute Gasteiger partial charge is 0.410 e. The van der Waals surface area contributed by atoms with E-state index in [0.717, 1.165) is 29.6 Å². The lowest BCUT2D eigenvalue weighted by Gasteiger charge is -2.31. The first-order chi connectivity index (χ1) is 8.41. The zero-order valence-corrected chi connectivity index (χ0v) is 10.6. The van der Waals surface area contributed by atoms with Crippen molar-refractivity contribution >= 4 is 5.82 Å². The van der Waals surface area contributed by atoms with Crippen molar-refractivity contribution in [1.82, 2.24) is 9.78 Å². The van der Waals surface area contributed by atoms with E-state index in [-0.39, 0.29) is 12.5 Å². The van der Waals surface area contributed by atoms with Crippen LogP contribution in [0.3, 0.4) is 0 Å². The van der Waals surface area contributed by atoms with Gasteiger partial charge in [-0.25, -0.2) is 4.68 Å². The summed E-state index contributed by atoms with van der Waals surface area (Å²) in [6, 6.07) is 0.0586. The first-order valence-corrected chi connectivity index (χ1v) is 6.33. The van der Waals surface area contributed by atoms with Gasteiger partial charge in [0.2, 0.25) is 0 Å². The van der Waals surface area contributed by atoms with E-state index >= 15 is 0 Å². The molecule has 0 spiro atoms. The molecule has 1 N–H and O–H groups in total. The van der Waals surface area contributed by atoms with Crippen molar-refractivity contribution in [2.45, 2.75) is 57.8 Å². The van der Waals surface area contributed by atoms with Gasteiger partial charge in [0.1, 0.15) is 5.82 Å². The summed E-state index contributed by atoms with van der Waals surface area (Å²) in [5.41, 5.74) is 0.739. The molecule has 6 heteroatoms. The van der Waals surface area contributed by atoms with Crippen LogP contribution in [0.15, 0.2) is 6.07 Å². The van der Waals surface area contributed by atoms with Gasteiger partial charge in [-0.05, 0) is 26.2 Å². The summed E-state index contributed by atoms with van der Waals surface area (Å²) in [5.74, 6) is 0.488. The molecular formula is C12H18F3N3. The molecule has 1 aromatic rings. The fraction of sp³-hybridized carbons (Fsp3) is 0.750. The number of halogens is 3. The number of unbranched alkanes of at least 4 members (excludes halogenated alkanes) is 1. The highest BCUT2D eigenvalue weighted by molar-refractivity contribution is 5.40. The number of aryl methyl sites for hydroxylation is 1. The Kier molecular flexibility index (Phi) is 3.54. The highest BCUT2D eigenvalue weighted by Crippen LogP contribution is 2.39. The van der Waals surface area contributed by atoms with Crippen LogP contribution in [0.1, 0.15) is 44.8 Å². The zero-order chi connectivity index (χ0) is 13.3. The summed E-state index contributed by atoms with van der Waals surface area (Å²) in [5, 5.41) is 7.16. The molecule has 0 fully saturated rings. The Morgan fingerprint density at radius 3 is 2.83 bits per heavy atom. The van der Waals surface area contributed by atoms with Gasteiger partial charge >= 0.3 is 6.18 Å². The summed E-state index contributed by atoms with van der Waals surface area (Å²) in [6.07, 6.45) is -1.51. The molecule has 2 heterocycles. The summed E-state index contributed by atoms with van der Waals surface area (Å²) >= 11 is 0. The van der Waals surface area contributed by atoms with E-state index < -0.39 is 12.2 Å². The Hall–Kier alpha value is -1.20. The smallest absolute Gasteiger partial charge is 0.368 e. The first kappa shape index (κ1) is 13.2. The van der Waals surface area contributed by atoms with Crippen molar-refractivity contribution in [2.24, 2.45) is 0 Å². The van der Waals surface area contributed by atoms with Crippen LogP contribution in [0.4, 0.5) is 19.0 Å². The molecule has 102 valence electrons. The second kappa shape index (κ2) is 4.82. The molecule has 0 saturated carbocycles. The average molecular weight is 261 g/mol. The summed E-state index contributed by atoms with van der Waals surface area (Å²) in [6.45, 7) is 3.82. The molecule has 1 aromatic heterocycles. The Morgan fingerprint density at radius 2 is 2.22 bits per heavy atom. The molecule has 2 unspecified atom stereocenters. The van der Waals surface area contributed by atoms with Gasteiger partial charge in [0.05, 0.1) is 5.69 Å². The topological polar surface area (TPSA) is 29.9 Å². The van der Waals surface area contributed by atoms with Crippen molar-refractivity contribution in [3.8, 4) is 0 Å². The van der Waals surface area contributed by atoms with E-state index in [9.17, 15) is 13.2 Å². The third kappa shape index (κ3) is 2.62. The molecule has 0 bridgehead atoms. The Labute approximate surface area is 104 Å². The van der Waals surface area contributed by atoms with Crippen LogP contribution in [-0.4, -0.2) is 22.0 Å². The number of rotatable bonds is 3. The molecule has 0 saturated heterocycles. The van der Waals surface area contributed by atoms with Crippen molar-refractivity contribution < 1.29 is 13.2 Å². The maximum Gasteiger partial charge on any atom is 0.410 e. The molecule has 0 amide bonds. The van der Waals surface area contributed by atoms with Crippen molar-refractivity contribution in [1.29, 1.82) is 0 Å². The van der Waals surface area contributed by atoms with Gasteiger partial charge in [0.25, 0.3) is 0 Å². The van der Waals surface area contributed by atoms with E-state index in [1.54, 1.807) is 13.0 Å². The van der Waals surface area contributed by atoms with Crippen LogP contribution in [0.2, 0.25) is 0 Å². The second-order valence-electron chi connectivity index (χ2n) is 4.91. The number of nitrogens with zero attached hydrogens (tertiary/aromatic N) is 2. The predicted molar refractivity (Wildman–Crippen MR) is 63.6 cm³/mol. The number of hydrogen-bond donors (Lipinski definition) is 1. The van der Waals surface area contributed by atoms with Gasteiger partial charge in [-0.3, -0.25) is 0 Å². The van der Waals surface area contributed by atoms with Gasteiger partial charge in [-0.1, -0.05) is 13.3 Å². The van der Waals surface area contributed by atoms with Gasteiger partial charge in [0, 0.05) is 12.1 Å². The van der Waals surface area contributed by atoms with E-state index in [4.69, 9.17) is 0 Å². The Morgan fingerprint density at radius 1 is 1.50 bits per heavy atom. The number of hydrogen-bond acceptors (Lipinski definition) is 2. The number of aromatic nitrogens is 2. The molecule has 0 aromatic carbocycles. The van der Waals surface area contributed by atoms with Crippen molar-refractivity contribution in [3.05, 3.63) is 11.8 Å². The number of nitrogens with one attached hydrogen (secondary N) is 1. The summed E-state index contributed by atoms with van der Waals surface area (Å²) < 4.78 is 40.0. The molecular weight excluding hydrogens is 243 g/mol. The third-order valence-electron chi connectivity index (χ3n) is 3.22. The van der Waals surface area contributed by atoms with Crippen LogP contribution >= 0.6 is 0 Å². The molecule has 1 aliphatic rings. The highest BCUT2D eigenvalue weighted by atomic mass is 19.4. The molecule has 3 nitrogen and oxygen atoms in total. The normalized spacial score (nSPS) is 23.6. The minimum atomic E-state index is -4.24. The lowest BCUT2D eigenvalue weighted by molar-refractivity contribution is -0.173. The van der Waals surface area contributed by atoms with Crippen LogP contribution in [0, 0.1) is 0 Å². The molecule has 18 heavy (non-hydrogen) atoms. The van der Waals surface area contributed by atoms with Crippen molar-refractivity contribution in [2.75, 3.05) is 5.32 Å². The zero-order valence-electron chi connectivity index (χ0n) is 10.6. The Bertz CT molecular complexity index is 411. The van der Waals surface area contributed by atoms with Gasteiger partial charge in [-0.15, -0.1) is 0 Å². The summed E-state index contributed by atoms with van der Waals surface area (Å²) in [4.78, 5) is 0. The van der Waals surface area contributed by atoms with Gasteiger partial charge in [0.15, 0.2) is 6.04 Å². The number of alkyl halides is 3. The van der Waals surface area contributed by atoms with Crippen LogP contribution < -0.4 is 5.32 Å². The molecule has 0 aliphatic carbocycles. The molecule has 2 atom stereocenters. The SMILES string of the molecule is CCCCc1cc2n(n1)C(C(F)(F)F)CC(C)N2. The highest BCUT2D eigenvalue weighted by Gasteiger charge is 2.45. The Balaban J connectivity index is 2.27. The number of fused-ring (bicyclic) bond motifs is 1. The number of anilines is 1. The second-order valence-corrected chi connectivity index (χ2v) is 4.91. The maximum absolute atomic E-state index is 13.0. The van der Waals surface area contributed by atoms with E-state index in [2.05, 4.69) is 17.3 Å². The van der Waals surface area contributed by atoms with Crippen LogP contribution in [0.5, 0.6) is 0 Å². The average Bonchev–Trinajstić information content (AvgIpc) is 2.66.